The predicted molar refractivity (Wildman–Crippen MR) is 245 cm³/mol. The maximum Gasteiger partial charge on any atom is 0.408 e. The summed E-state index contributed by atoms with van der Waals surface area (Å²) in [5, 5.41) is 21.5. The number of carbonyl (C=O) groups is 5. The van der Waals surface area contributed by atoms with Crippen molar-refractivity contribution in [1.82, 2.24) is 21.3 Å². The van der Waals surface area contributed by atoms with E-state index in [4.69, 9.17) is 9.47 Å². The Hall–Kier alpha value is -7.05. The van der Waals surface area contributed by atoms with Crippen LogP contribution in [0, 0.1) is 5.92 Å². The Bertz CT molecular complexity index is 2170. The zero-order valence-corrected chi connectivity index (χ0v) is 36.6. The molecule has 5 aromatic carbocycles. The fourth-order valence-corrected chi connectivity index (χ4v) is 7.33. The lowest BCUT2D eigenvalue weighted by molar-refractivity contribution is -0.137. The molecule has 0 heterocycles. The Labute approximate surface area is 375 Å². The van der Waals surface area contributed by atoms with Crippen molar-refractivity contribution in [1.29, 1.82) is 0 Å². The number of hydrogen-bond donors (Lipinski definition) is 5. The second-order valence-corrected chi connectivity index (χ2v) is 15.8. The van der Waals surface area contributed by atoms with Crippen molar-refractivity contribution in [3.8, 4) is 0 Å². The van der Waals surface area contributed by atoms with Gasteiger partial charge in [0.15, 0.2) is 0 Å². The molecule has 0 aromatic heterocycles. The number of aliphatic hydroxyl groups is 1. The Morgan fingerprint density at radius 1 is 0.625 bits per heavy atom. The first kappa shape index (κ1) is 48.0. The maximum absolute atomic E-state index is 14.4. The molecule has 3 atom stereocenters. The van der Waals surface area contributed by atoms with Gasteiger partial charge in [-0.3, -0.25) is 14.4 Å². The molecule has 5 N–H and O–H groups in total. The molecule has 5 aromatic rings. The zero-order valence-electron chi connectivity index (χ0n) is 36.6. The molecule has 0 aliphatic heterocycles. The smallest absolute Gasteiger partial charge is 0.408 e. The molecule has 12 heteroatoms. The van der Waals surface area contributed by atoms with Crippen molar-refractivity contribution in [2.75, 3.05) is 6.61 Å². The van der Waals surface area contributed by atoms with E-state index in [0.29, 0.717) is 11.1 Å². The Kier molecular flexibility index (Phi) is 18.4. The standard InChI is InChI=1S/C52H58N4O8/c1-4-63-48(59)32-30-44(29-31-47(58)56-52(41-19-11-6-12-20-41,42-21-13-7-14-22-42)43-23-15-8-16-24-43)53-49(60)46(34-38-25-27-39(35-57)28-26-38)54-50(61)45(33-37(2)3)55-51(62)64-36-40-17-9-5-10-18-40/h5-28,30,32,37,44-46,57H,4,29,31,33-36H2,1-3H3,(H,53,60)(H,54,61)(H,55,62)(H,56,58)/b32-30+/t44-,45-,46-/m0/s1. The third-order valence-corrected chi connectivity index (χ3v) is 10.5. The van der Waals surface area contributed by atoms with Gasteiger partial charge >= 0.3 is 12.1 Å². The highest BCUT2D eigenvalue weighted by Gasteiger charge is 2.38. The van der Waals surface area contributed by atoms with Crippen molar-refractivity contribution in [2.45, 2.75) is 83.3 Å². The molecule has 0 saturated heterocycles. The van der Waals surface area contributed by atoms with Crippen LogP contribution < -0.4 is 21.3 Å². The minimum Gasteiger partial charge on any atom is -0.463 e. The van der Waals surface area contributed by atoms with Crippen LogP contribution in [0.4, 0.5) is 4.79 Å². The van der Waals surface area contributed by atoms with Gasteiger partial charge in [0, 0.05) is 25.0 Å². The fraction of sp³-hybridized carbons (Fsp3) is 0.288. The molecule has 334 valence electrons. The number of hydrogen-bond acceptors (Lipinski definition) is 8. The topological polar surface area (TPSA) is 172 Å². The minimum atomic E-state index is -1.17. The van der Waals surface area contributed by atoms with E-state index in [1.54, 1.807) is 31.2 Å². The highest BCUT2D eigenvalue weighted by molar-refractivity contribution is 5.92. The first-order valence-electron chi connectivity index (χ1n) is 21.6. The summed E-state index contributed by atoms with van der Waals surface area (Å²) >= 11 is 0. The third-order valence-electron chi connectivity index (χ3n) is 10.5. The molecule has 0 unspecified atom stereocenters. The molecule has 0 aliphatic rings. The quantitative estimate of drug-likeness (QED) is 0.0280. The van der Waals surface area contributed by atoms with Crippen LogP contribution in [-0.4, -0.2) is 59.6 Å². The van der Waals surface area contributed by atoms with Gasteiger partial charge < -0.3 is 35.8 Å². The number of esters is 1. The Balaban J connectivity index is 1.40. The Morgan fingerprint density at radius 2 is 1.14 bits per heavy atom. The molecule has 0 aliphatic carbocycles. The van der Waals surface area contributed by atoms with E-state index >= 15 is 0 Å². The summed E-state index contributed by atoms with van der Waals surface area (Å²) < 4.78 is 10.5. The Morgan fingerprint density at radius 3 is 1.66 bits per heavy atom. The van der Waals surface area contributed by atoms with Crippen LogP contribution in [0.5, 0.6) is 0 Å². The van der Waals surface area contributed by atoms with Gasteiger partial charge in [-0.05, 0) is 59.1 Å². The lowest BCUT2D eigenvalue weighted by Crippen LogP contribution is -2.55. The lowest BCUT2D eigenvalue weighted by Gasteiger charge is -2.37. The fourth-order valence-electron chi connectivity index (χ4n) is 7.33. The normalized spacial score (nSPS) is 12.7. The summed E-state index contributed by atoms with van der Waals surface area (Å²) in [6.45, 7) is 5.46. The van der Waals surface area contributed by atoms with Gasteiger partial charge in [0.25, 0.3) is 0 Å². The van der Waals surface area contributed by atoms with Crippen LogP contribution in [0.1, 0.15) is 73.4 Å². The average molecular weight is 867 g/mol. The van der Waals surface area contributed by atoms with Crippen LogP contribution in [0.25, 0.3) is 0 Å². The van der Waals surface area contributed by atoms with Crippen LogP contribution in [0.3, 0.4) is 0 Å². The van der Waals surface area contributed by atoms with Crippen LogP contribution in [0.15, 0.2) is 158 Å². The molecule has 64 heavy (non-hydrogen) atoms. The van der Waals surface area contributed by atoms with Gasteiger partial charge in [0.05, 0.1) is 13.2 Å². The van der Waals surface area contributed by atoms with Gasteiger partial charge in [-0.25, -0.2) is 9.59 Å². The highest BCUT2D eigenvalue weighted by atomic mass is 16.5. The second kappa shape index (κ2) is 24.6. The third kappa shape index (κ3) is 14.2. The number of rotatable bonds is 22. The molecule has 0 spiro atoms. The molecule has 5 rings (SSSR count). The van der Waals surface area contributed by atoms with Gasteiger partial charge in [-0.15, -0.1) is 0 Å². The summed E-state index contributed by atoms with van der Waals surface area (Å²) in [5.41, 5.74) is 3.58. The van der Waals surface area contributed by atoms with Crippen molar-refractivity contribution in [3.63, 3.8) is 0 Å². The van der Waals surface area contributed by atoms with Crippen LogP contribution >= 0.6 is 0 Å². The summed E-state index contributed by atoms with van der Waals surface area (Å²) in [5.74, 6) is -2.17. The van der Waals surface area contributed by atoms with Crippen molar-refractivity contribution in [3.05, 3.63) is 191 Å². The van der Waals surface area contributed by atoms with Crippen LogP contribution in [0.2, 0.25) is 0 Å². The average Bonchev–Trinajstić information content (AvgIpc) is 3.31. The number of nitrogens with one attached hydrogen (secondary N) is 4. The number of benzene rings is 5. The minimum absolute atomic E-state index is 0.00202. The molecule has 0 saturated carbocycles. The maximum atomic E-state index is 14.4. The molecular formula is C52H58N4O8. The molecule has 0 fully saturated rings. The zero-order chi connectivity index (χ0) is 45.7. The van der Waals surface area contributed by atoms with E-state index < -0.39 is 47.5 Å². The van der Waals surface area contributed by atoms with E-state index in [2.05, 4.69) is 21.3 Å². The van der Waals surface area contributed by atoms with E-state index in [0.717, 1.165) is 22.3 Å². The lowest BCUT2D eigenvalue weighted by atomic mass is 9.77. The first-order valence-corrected chi connectivity index (χ1v) is 21.6. The number of carbonyl (C=O) groups excluding carboxylic acids is 5. The van der Waals surface area contributed by atoms with E-state index in [9.17, 15) is 29.1 Å². The monoisotopic (exact) mass is 866 g/mol. The van der Waals surface area contributed by atoms with E-state index in [-0.39, 0.29) is 57.3 Å². The van der Waals surface area contributed by atoms with E-state index in [1.807, 2.05) is 135 Å². The van der Waals surface area contributed by atoms with Gasteiger partial charge in [0.2, 0.25) is 17.7 Å². The molecule has 12 nitrogen and oxygen atoms in total. The molecule has 4 amide bonds. The van der Waals surface area contributed by atoms with Gasteiger partial charge in [0.1, 0.15) is 24.2 Å². The van der Waals surface area contributed by atoms with Crippen molar-refractivity contribution >= 4 is 29.8 Å². The van der Waals surface area contributed by atoms with Crippen LogP contribution in [-0.2, 0) is 53.8 Å². The number of aliphatic hydroxyl groups excluding tert-OH is 1. The van der Waals surface area contributed by atoms with E-state index in [1.165, 1.54) is 12.2 Å². The predicted octanol–water partition coefficient (Wildman–Crippen LogP) is 7.04. The van der Waals surface area contributed by atoms with Crippen molar-refractivity contribution < 1.29 is 38.6 Å². The number of amides is 4. The SMILES string of the molecule is CCOC(=O)/C=C/[C@H](CCC(=O)NC(c1ccccc1)(c1ccccc1)c1ccccc1)NC(=O)[C@H](Cc1ccc(CO)cc1)NC(=O)[C@H](CC(C)C)NC(=O)OCc1ccccc1. The molecule has 0 bridgehead atoms. The summed E-state index contributed by atoms with van der Waals surface area (Å²) in [4.78, 5) is 68.3. The summed E-state index contributed by atoms with van der Waals surface area (Å²) in [6.07, 6.45) is 2.18. The number of alkyl carbamates (subject to hydrolysis) is 1. The summed E-state index contributed by atoms with van der Waals surface area (Å²) in [7, 11) is 0. The van der Waals surface area contributed by atoms with Gasteiger partial charge in [-0.1, -0.05) is 166 Å². The highest BCUT2D eigenvalue weighted by Crippen LogP contribution is 2.37. The largest absolute Gasteiger partial charge is 0.463 e. The summed E-state index contributed by atoms with van der Waals surface area (Å²) in [6, 6.07) is 42.1. The number of ether oxygens (including phenoxy) is 2. The van der Waals surface area contributed by atoms with Gasteiger partial charge in [-0.2, -0.15) is 0 Å². The second-order valence-electron chi connectivity index (χ2n) is 15.8. The first-order chi connectivity index (χ1) is 31.0. The molecule has 0 radical (unpaired) electrons. The molecular weight excluding hydrogens is 809 g/mol. The van der Waals surface area contributed by atoms with Crippen molar-refractivity contribution in [2.24, 2.45) is 5.92 Å².